The third-order valence-corrected chi connectivity index (χ3v) is 2.10. The number of alkyl halides is 3. The van der Waals surface area contributed by atoms with Crippen LogP contribution in [0.1, 0.15) is 24.4 Å². The predicted octanol–water partition coefficient (Wildman–Crippen LogP) is 0.761. The van der Waals surface area contributed by atoms with Crippen LogP contribution in [0.5, 0.6) is 0 Å². The van der Waals surface area contributed by atoms with Gasteiger partial charge in [0.25, 0.3) is 5.91 Å². The Labute approximate surface area is 89.4 Å². The maximum Gasteiger partial charge on any atom is 0.435 e. The summed E-state index contributed by atoms with van der Waals surface area (Å²) in [5.41, 5.74) is 1.07. The SMILES string of the molecule is Cc1cc(C(F)(F)F)nn1C(C)C(=O)NN. The zero-order chi connectivity index (χ0) is 12.5. The van der Waals surface area contributed by atoms with E-state index >= 15 is 0 Å². The molecule has 1 aromatic rings. The van der Waals surface area contributed by atoms with Gasteiger partial charge in [-0.15, -0.1) is 0 Å². The highest BCUT2D eigenvalue weighted by Gasteiger charge is 2.35. The fourth-order valence-corrected chi connectivity index (χ4v) is 1.25. The smallest absolute Gasteiger partial charge is 0.292 e. The highest BCUT2D eigenvalue weighted by molar-refractivity contribution is 5.79. The lowest BCUT2D eigenvalue weighted by Gasteiger charge is -2.12. The van der Waals surface area contributed by atoms with E-state index in [4.69, 9.17) is 5.84 Å². The maximum absolute atomic E-state index is 12.3. The van der Waals surface area contributed by atoms with Gasteiger partial charge in [-0.05, 0) is 19.9 Å². The van der Waals surface area contributed by atoms with E-state index in [0.717, 1.165) is 10.7 Å². The number of hydrogen-bond donors (Lipinski definition) is 2. The highest BCUT2D eigenvalue weighted by Crippen LogP contribution is 2.29. The Balaban J connectivity index is 3.07. The molecule has 16 heavy (non-hydrogen) atoms. The van der Waals surface area contributed by atoms with Crippen molar-refractivity contribution in [2.75, 3.05) is 0 Å². The van der Waals surface area contributed by atoms with Crippen molar-refractivity contribution in [1.82, 2.24) is 15.2 Å². The first-order valence-electron chi connectivity index (χ1n) is 4.41. The number of hydrogen-bond acceptors (Lipinski definition) is 3. The van der Waals surface area contributed by atoms with Crippen molar-refractivity contribution < 1.29 is 18.0 Å². The first kappa shape index (κ1) is 12.5. The van der Waals surface area contributed by atoms with E-state index in [2.05, 4.69) is 5.10 Å². The Hall–Kier alpha value is -1.57. The minimum atomic E-state index is -4.52. The van der Waals surface area contributed by atoms with Crippen LogP contribution in [0.4, 0.5) is 13.2 Å². The lowest BCUT2D eigenvalue weighted by Crippen LogP contribution is -2.36. The molecule has 1 atom stereocenters. The second-order valence-corrected chi connectivity index (χ2v) is 3.30. The van der Waals surface area contributed by atoms with E-state index in [1.165, 1.54) is 13.8 Å². The van der Waals surface area contributed by atoms with Crippen molar-refractivity contribution in [1.29, 1.82) is 0 Å². The summed E-state index contributed by atoms with van der Waals surface area (Å²) in [5.74, 6) is 4.28. The Morgan fingerprint density at radius 1 is 1.62 bits per heavy atom. The fraction of sp³-hybridized carbons (Fsp3) is 0.500. The molecular weight excluding hydrogens is 225 g/mol. The molecule has 0 fully saturated rings. The van der Waals surface area contributed by atoms with Crippen molar-refractivity contribution >= 4 is 5.91 Å². The summed E-state index contributed by atoms with van der Waals surface area (Å²) in [4.78, 5) is 11.1. The van der Waals surface area contributed by atoms with Gasteiger partial charge in [-0.25, -0.2) is 5.84 Å². The minimum absolute atomic E-state index is 0.239. The number of carbonyl (C=O) groups is 1. The van der Waals surface area contributed by atoms with E-state index in [-0.39, 0.29) is 5.69 Å². The van der Waals surface area contributed by atoms with Crippen molar-refractivity contribution in [3.05, 3.63) is 17.5 Å². The van der Waals surface area contributed by atoms with E-state index in [0.29, 0.717) is 0 Å². The summed E-state index contributed by atoms with van der Waals surface area (Å²) in [6, 6.07) is -0.0126. The summed E-state index contributed by atoms with van der Waals surface area (Å²) < 4.78 is 38.0. The molecule has 0 spiro atoms. The maximum atomic E-state index is 12.3. The van der Waals surface area contributed by atoms with Crippen LogP contribution < -0.4 is 11.3 Å². The number of carbonyl (C=O) groups excluding carboxylic acids is 1. The second-order valence-electron chi connectivity index (χ2n) is 3.30. The first-order valence-corrected chi connectivity index (χ1v) is 4.41. The van der Waals surface area contributed by atoms with Crippen LogP contribution in [0.2, 0.25) is 0 Å². The van der Waals surface area contributed by atoms with Crippen molar-refractivity contribution in [3.8, 4) is 0 Å². The van der Waals surface area contributed by atoms with Gasteiger partial charge in [0, 0.05) is 5.69 Å². The normalized spacial score (nSPS) is 13.6. The van der Waals surface area contributed by atoms with Gasteiger partial charge < -0.3 is 0 Å². The number of nitrogens with zero attached hydrogens (tertiary/aromatic N) is 2. The molecule has 1 rings (SSSR count). The molecule has 5 nitrogen and oxygen atoms in total. The van der Waals surface area contributed by atoms with Crippen LogP contribution in [0.3, 0.4) is 0 Å². The Kier molecular flexibility index (Phi) is 3.22. The quantitative estimate of drug-likeness (QED) is 0.452. The van der Waals surface area contributed by atoms with Gasteiger partial charge in [-0.3, -0.25) is 14.9 Å². The lowest BCUT2D eigenvalue weighted by atomic mass is 10.3. The fourth-order valence-electron chi connectivity index (χ4n) is 1.25. The number of hydrazine groups is 1. The molecule has 8 heteroatoms. The average Bonchev–Trinajstić information content (AvgIpc) is 2.57. The third-order valence-electron chi connectivity index (χ3n) is 2.10. The van der Waals surface area contributed by atoms with Gasteiger partial charge in [-0.2, -0.15) is 18.3 Å². The van der Waals surface area contributed by atoms with Gasteiger partial charge in [0.1, 0.15) is 6.04 Å². The first-order chi connectivity index (χ1) is 7.27. The van der Waals surface area contributed by atoms with Crippen LogP contribution in [0, 0.1) is 6.92 Å². The molecule has 0 aliphatic carbocycles. The summed E-state index contributed by atoms with van der Waals surface area (Å²) in [6.45, 7) is 2.84. The number of amides is 1. The Morgan fingerprint density at radius 2 is 2.19 bits per heavy atom. The number of nitrogens with one attached hydrogen (secondary N) is 1. The molecule has 1 unspecified atom stereocenters. The molecule has 3 N–H and O–H groups in total. The van der Waals surface area contributed by atoms with Crippen LogP contribution in [0.15, 0.2) is 6.07 Å². The van der Waals surface area contributed by atoms with Crippen molar-refractivity contribution in [2.24, 2.45) is 5.84 Å². The number of aryl methyl sites for hydroxylation is 1. The van der Waals surface area contributed by atoms with Crippen molar-refractivity contribution in [3.63, 3.8) is 0 Å². The van der Waals surface area contributed by atoms with Gasteiger partial charge in [0.2, 0.25) is 0 Å². The molecule has 0 aliphatic heterocycles. The standard InChI is InChI=1S/C8H11F3N4O/c1-4-3-6(8(9,10)11)14-15(4)5(2)7(16)13-12/h3,5H,12H2,1-2H3,(H,13,16). The average molecular weight is 236 g/mol. The summed E-state index contributed by atoms with van der Waals surface area (Å²) in [7, 11) is 0. The number of aromatic nitrogens is 2. The van der Waals surface area contributed by atoms with Crippen LogP contribution in [-0.4, -0.2) is 15.7 Å². The number of nitrogens with two attached hydrogens (primary N) is 1. The van der Waals surface area contributed by atoms with Gasteiger partial charge in [-0.1, -0.05) is 0 Å². The van der Waals surface area contributed by atoms with Crippen LogP contribution >= 0.6 is 0 Å². The van der Waals surface area contributed by atoms with Gasteiger partial charge in [0.15, 0.2) is 5.69 Å². The van der Waals surface area contributed by atoms with E-state index in [1.807, 2.05) is 5.43 Å². The summed E-state index contributed by atoms with van der Waals surface area (Å²) in [6.07, 6.45) is -4.52. The summed E-state index contributed by atoms with van der Waals surface area (Å²) in [5, 5.41) is 3.33. The molecule has 1 amide bonds. The molecule has 0 bridgehead atoms. The van der Waals surface area contributed by atoms with Crippen LogP contribution in [-0.2, 0) is 11.0 Å². The minimum Gasteiger partial charge on any atom is -0.292 e. The van der Waals surface area contributed by atoms with E-state index < -0.39 is 23.8 Å². The third kappa shape index (κ3) is 2.32. The monoisotopic (exact) mass is 236 g/mol. The number of halogens is 3. The molecule has 0 aromatic carbocycles. The van der Waals surface area contributed by atoms with Gasteiger partial charge in [0.05, 0.1) is 0 Å². The number of rotatable bonds is 2. The highest BCUT2D eigenvalue weighted by atomic mass is 19.4. The van der Waals surface area contributed by atoms with Gasteiger partial charge >= 0.3 is 6.18 Å². The molecule has 1 aromatic heterocycles. The van der Waals surface area contributed by atoms with E-state index in [1.54, 1.807) is 0 Å². The Morgan fingerprint density at radius 3 is 2.56 bits per heavy atom. The zero-order valence-electron chi connectivity index (χ0n) is 8.67. The van der Waals surface area contributed by atoms with Crippen LogP contribution in [0.25, 0.3) is 0 Å². The second kappa shape index (κ2) is 4.12. The molecule has 0 aliphatic rings. The predicted molar refractivity (Wildman–Crippen MR) is 49.0 cm³/mol. The lowest BCUT2D eigenvalue weighted by molar-refractivity contribution is -0.142. The molecule has 0 saturated carbocycles. The molecule has 90 valence electrons. The zero-order valence-corrected chi connectivity index (χ0v) is 8.67. The Bertz CT molecular complexity index is 398. The topological polar surface area (TPSA) is 72.9 Å². The molecule has 0 radical (unpaired) electrons. The molecular formula is C8H11F3N4O. The summed E-state index contributed by atoms with van der Waals surface area (Å²) >= 11 is 0. The van der Waals surface area contributed by atoms with E-state index in [9.17, 15) is 18.0 Å². The largest absolute Gasteiger partial charge is 0.435 e. The molecule has 1 heterocycles. The molecule has 0 saturated heterocycles. The van der Waals surface area contributed by atoms with Crippen molar-refractivity contribution in [2.45, 2.75) is 26.1 Å².